The molecule has 0 saturated carbocycles. The van der Waals surface area contributed by atoms with Crippen molar-refractivity contribution in [2.75, 3.05) is 25.5 Å². The van der Waals surface area contributed by atoms with Crippen LogP contribution in [0.5, 0.6) is 0 Å². The number of carbonyl (C=O) groups is 2. The fourth-order valence-corrected chi connectivity index (χ4v) is 3.40. The standard InChI is InChI=1S/C20H23FN4O2/c1-22-19(27)20(24-17-7-4-5-15(21)13-17)8-11-25(12-9-20)18(26)14-16-6-2-3-10-23-16/h2-7,10,13,24H,8-9,11-12,14H2,1H3,(H,22,27). The molecule has 142 valence electrons. The molecule has 0 bridgehead atoms. The number of nitrogens with one attached hydrogen (secondary N) is 2. The predicted molar refractivity (Wildman–Crippen MR) is 101 cm³/mol. The lowest BCUT2D eigenvalue weighted by molar-refractivity contribution is -0.135. The molecule has 1 aromatic heterocycles. The summed E-state index contributed by atoms with van der Waals surface area (Å²) in [7, 11) is 1.58. The number of anilines is 1. The number of rotatable bonds is 5. The molecule has 1 fully saturated rings. The maximum absolute atomic E-state index is 13.5. The van der Waals surface area contributed by atoms with Crippen LogP contribution in [0.1, 0.15) is 18.5 Å². The predicted octanol–water partition coefficient (Wildman–Crippen LogP) is 1.98. The second kappa shape index (κ2) is 8.16. The normalized spacial score (nSPS) is 15.9. The monoisotopic (exact) mass is 370 g/mol. The van der Waals surface area contributed by atoms with Crippen LogP contribution in [0.4, 0.5) is 10.1 Å². The molecule has 6 nitrogen and oxygen atoms in total. The summed E-state index contributed by atoms with van der Waals surface area (Å²) in [5, 5.41) is 5.88. The van der Waals surface area contributed by atoms with Crippen molar-refractivity contribution in [3.63, 3.8) is 0 Å². The average Bonchev–Trinajstić information content (AvgIpc) is 2.68. The highest BCUT2D eigenvalue weighted by Crippen LogP contribution is 2.28. The topological polar surface area (TPSA) is 74.3 Å². The number of benzene rings is 1. The zero-order valence-corrected chi connectivity index (χ0v) is 15.2. The third-order valence-corrected chi connectivity index (χ3v) is 4.90. The maximum atomic E-state index is 13.5. The molecule has 7 heteroatoms. The Bertz CT molecular complexity index is 805. The fourth-order valence-electron chi connectivity index (χ4n) is 3.40. The maximum Gasteiger partial charge on any atom is 0.245 e. The van der Waals surface area contributed by atoms with E-state index in [0.29, 0.717) is 31.6 Å². The second-order valence-corrected chi connectivity index (χ2v) is 6.68. The van der Waals surface area contributed by atoms with Gasteiger partial charge in [-0.05, 0) is 43.2 Å². The Kier molecular flexibility index (Phi) is 5.69. The van der Waals surface area contributed by atoms with Gasteiger partial charge in [0, 0.05) is 37.7 Å². The van der Waals surface area contributed by atoms with Crippen LogP contribution in [0.25, 0.3) is 0 Å². The molecule has 2 amide bonds. The van der Waals surface area contributed by atoms with Gasteiger partial charge in [-0.2, -0.15) is 0 Å². The summed E-state index contributed by atoms with van der Waals surface area (Å²) in [5.41, 5.74) is 0.403. The molecule has 2 aromatic rings. The second-order valence-electron chi connectivity index (χ2n) is 6.68. The Balaban J connectivity index is 1.68. The third-order valence-electron chi connectivity index (χ3n) is 4.90. The molecular formula is C20H23FN4O2. The van der Waals surface area contributed by atoms with Crippen LogP contribution < -0.4 is 10.6 Å². The zero-order valence-electron chi connectivity index (χ0n) is 15.2. The number of carbonyl (C=O) groups excluding carboxylic acids is 2. The largest absolute Gasteiger partial charge is 0.371 e. The van der Waals surface area contributed by atoms with Gasteiger partial charge < -0.3 is 15.5 Å². The van der Waals surface area contributed by atoms with E-state index in [0.717, 1.165) is 5.69 Å². The van der Waals surface area contributed by atoms with Gasteiger partial charge in [0.25, 0.3) is 0 Å². The van der Waals surface area contributed by atoms with E-state index in [1.165, 1.54) is 12.1 Å². The summed E-state index contributed by atoms with van der Waals surface area (Å²) in [6.45, 7) is 0.892. The van der Waals surface area contributed by atoms with Crippen molar-refractivity contribution in [3.05, 3.63) is 60.2 Å². The number of likely N-dealkylation sites (N-methyl/N-ethyl adjacent to an activating group) is 1. The summed E-state index contributed by atoms with van der Waals surface area (Å²) in [5.74, 6) is -0.538. The van der Waals surface area contributed by atoms with E-state index in [4.69, 9.17) is 0 Å². The van der Waals surface area contributed by atoms with Crippen molar-refractivity contribution in [3.8, 4) is 0 Å². The fraction of sp³-hybridized carbons (Fsp3) is 0.350. The minimum atomic E-state index is -0.871. The van der Waals surface area contributed by atoms with Gasteiger partial charge in [-0.15, -0.1) is 0 Å². The summed E-state index contributed by atoms with van der Waals surface area (Å²) in [6.07, 6.45) is 2.79. The number of pyridine rings is 1. The van der Waals surface area contributed by atoms with Gasteiger partial charge in [0.1, 0.15) is 11.4 Å². The Morgan fingerprint density at radius 3 is 2.59 bits per heavy atom. The van der Waals surface area contributed by atoms with Gasteiger partial charge in [0.2, 0.25) is 11.8 Å². The lowest BCUT2D eigenvalue weighted by Gasteiger charge is -2.41. The van der Waals surface area contributed by atoms with Crippen molar-refractivity contribution in [2.24, 2.45) is 0 Å². The highest BCUT2D eigenvalue weighted by Gasteiger charge is 2.41. The first kappa shape index (κ1) is 18.8. The number of hydrogen-bond donors (Lipinski definition) is 2. The lowest BCUT2D eigenvalue weighted by atomic mass is 9.85. The molecule has 3 rings (SSSR count). The number of likely N-dealkylation sites (tertiary alicyclic amines) is 1. The van der Waals surface area contributed by atoms with E-state index in [1.807, 2.05) is 18.2 Å². The van der Waals surface area contributed by atoms with Crippen molar-refractivity contribution in [1.29, 1.82) is 0 Å². The summed E-state index contributed by atoms with van der Waals surface area (Å²) in [4.78, 5) is 31.0. The smallest absolute Gasteiger partial charge is 0.245 e. The molecule has 2 N–H and O–H groups in total. The number of amides is 2. The molecule has 0 unspecified atom stereocenters. The van der Waals surface area contributed by atoms with E-state index < -0.39 is 5.54 Å². The van der Waals surface area contributed by atoms with Gasteiger partial charge in [-0.25, -0.2) is 4.39 Å². The number of piperidine rings is 1. The number of hydrogen-bond acceptors (Lipinski definition) is 4. The molecular weight excluding hydrogens is 347 g/mol. The van der Waals surface area contributed by atoms with Crippen LogP contribution >= 0.6 is 0 Å². The Labute approximate surface area is 157 Å². The number of aromatic nitrogens is 1. The van der Waals surface area contributed by atoms with Crippen molar-refractivity contribution in [2.45, 2.75) is 24.8 Å². The molecule has 1 saturated heterocycles. The zero-order chi connectivity index (χ0) is 19.3. The molecule has 1 aliphatic rings. The van der Waals surface area contributed by atoms with Crippen LogP contribution in [-0.2, 0) is 16.0 Å². The highest BCUT2D eigenvalue weighted by atomic mass is 19.1. The van der Waals surface area contributed by atoms with Gasteiger partial charge >= 0.3 is 0 Å². The third kappa shape index (κ3) is 4.42. The van der Waals surface area contributed by atoms with Crippen LogP contribution in [-0.4, -0.2) is 47.4 Å². The first-order valence-corrected chi connectivity index (χ1v) is 8.96. The molecule has 1 aliphatic heterocycles. The van der Waals surface area contributed by atoms with Gasteiger partial charge in [-0.1, -0.05) is 12.1 Å². The van der Waals surface area contributed by atoms with E-state index in [-0.39, 0.29) is 24.1 Å². The van der Waals surface area contributed by atoms with Gasteiger partial charge in [0.15, 0.2) is 0 Å². The van der Waals surface area contributed by atoms with Gasteiger partial charge in [0.05, 0.1) is 6.42 Å². The van der Waals surface area contributed by atoms with Crippen LogP contribution in [0.2, 0.25) is 0 Å². The molecule has 0 atom stereocenters. The number of halogens is 1. The van der Waals surface area contributed by atoms with E-state index in [9.17, 15) is 14.0 Å². The summed E-state index contributed by atoms with van der Waals surface area (Å²) in [6, 6.07) is 11.5. The molecule has 0 radical (unpaired) electrons. The number of nitrogens with zero attached hydrogens (tertiary/aromatic N) is 2. The van der Waals surface area contributed by atoms with Crippen LogP contribution in [0, 0.1) is 5.82 Å². The molecule has 0 spiro atoms. The Morgan fingerprint density at radius 2 is 1.96 bits per heavy atom. The molecule has 1 aromatic carbocycles. The average molecular weight is 370 g/mol. The Hall–Kier alpha value is -2.96. The Morgan fingerprint density at radius 1 is 1.19 bits per heavy atom. The SMILES string of the molecule is CNC(=O)C1(Nc2cccc(F)c2)CCN(C(=O)Cc2ccccn2)CC1. The summed E-state index contributed by atoms with van der Waals surface area (Å²) < 4.78 is 13.5. The van der Waals surface area contributed by atoms with Crippen molar-refractivity contribution >= 4 is 17.5 Å². The van der Waals surface area contributed by atoms with Crippen molar-refractivity contribution in [1.82, 2.24) is 15.2 Å². The molecule has 0 aliphatic carbocycles. The lowest BCUT2D eigenvalue weighted by Crippen LogP contribution is -2.58. The summed E-state index contributed by atoms with van der Waals surface area (Å²) >= 11 is 0. The van der Waals surface area contributed by atoms with Crippen LogP contribution in [0.3, 0.4) is 0 Å². The van der Waals surface area contributed by atoms with E-state index >= 15 is 0 Å². The van der Waals surface area contributed by atoms with E-state index in [1.54, 1.807) is 30.3 Å². The molecule has 2 heterocycles. The quantitative estimate of drug-likeness (QED) is 0.844. The van der Waals surface area contributed by atoms with Gasteiger partial charge in [-0.3, -0.25) is 14.6 Å². The van der Waals surface area contributed by atoms with E-state index in [2.05, 4.69) is 15.6 Å². The first-order valence-electron chi connectivity index (χ1n) is 8.96. The van der Waals surface area contributed by atoms with Crippen LogP contribution in [0.15, 0.2) is 48.7 Å². The minimum absolute atomic E-state index is 0.00929. The minimum Gasteiger partial charge on any atom is -0.371 e. The first-order chi connectivity index (χ1) is 13.0. The highest BCUT2D eigenvalue weighted by molar-refractivity contribution is 5.90. The molecule has 27 heavy (non-hydrogen) atoms. The van der Waals surface area contributed by atoms with Crippen molar-refractivity contribution < 1.29 is 14.0 Å².